The summed E-state index contributed by atoms with van der Waals surface area (Å²) in [6, 6.07) is 4.93. The van der Waals surface area contributed by atoms with Crippen molar-refractivity contribution in [1.82, 2.24) is 0 Å². The van der Waals surface area contributed by atoms with Gasteiger partial charge in [0.2, 0.25) is 12.7 Å². The molecule has 3 N–H and O–H groups in total. The summed E-state index contributed by atoms with van der Waals surface area (Å²) < 4.78 is 10.5. The van der Waals surface area contributed by atoms with E-state index in [1.165, 1.54) is 32.1 Å². The zero-order valence-corrected chi connectivity index (χ0v) is 12.1. The average molecular weight is 290 g/mol. The molecule has 0 aromatic heterocycles. The number of hydrogen-bond acceptors (Lipinski definition) is 4. The molecule has 114 valence electrons. The first-order valence-corrected chi connectivity index (χ1v) is 7.68. The lowest BCUT2D eigenvalue weighted by Crippen LogP contribution is -2.37. The largest absolute Gasteiger partial charge is 0.454 e. The Morgan fingerprint density at radius 1 is 1.24 bits per heavy atom. The average Bonchev–Trinajstić information content (AvgIpc) is 2.95. The lowest BCUT2D eigenvalue weighted by molar-refractivity contribution is -0.117. The standard InChI is InChI=1S/C16H22N2O3/c17-13(8-11-4-2-1-3-5-11)16(19)18-12-6-7-14-15(9-12)21-10-20-14/h6-7,9,11,13H,1-5,8,10,17H2,(H,18,19). The highest BCUT2D eigenvalue weighted by molar-refractivity contribution is 5.95. The highest BCUT2D eigenvalue weighted by Crippen LogP contribution is 2.34. The molecular formula is C16H22N2O3. The van der Waals surface area contributed by atoms with E-state index >= 15 is 0 Å². The minimum absolute atomic E-state index is 0.126. The van der Waals surface area contributed by atoms with Gasteiger partial charge in [-0.2, -0.15) is 0 Å². The fourth-order valence-electron chi connectivity index (χ4n) is 3.10. The molecule has 5 heteroatoms. The van der Waals surface area contributed by atoms with E-state index in [9.17, 15) is 4.79 Å². The van der Waals surface area contributed by atoms with E-state index in [-0.39, 0.29) is 12.7 Å². The zero-order valence-electron chi connectivity index (χ0n) is 12.1. The molecule has 1 amide bonds. The Bertz CT molecular complexity index is 512. The van der Waals surface area contributed by atoms with Gasteiger partial charge in [0.05, 0.1) is 6.04 Å². The minimum atomic E-state index is -0.446. The predicted molar refractivity (Wildman–Crippen MR) is 80.4 cm³/mol. The summed E-state index contributed by atoms with van der Waals surface area (Å²) >= 11 is 0. The SMILES string of the molecule is NC(CC1CCCCC1)C(=O)Nc1ccc2c(c1)OCO2. The number of anilines is 1. The number of fused-ring (bicyclic) bond motifs is 1. The van der Waals surface area contributed by atoms with E-state index in [0.717, 1.165) is 6.42 Å². The number of hydrogen-bond donors (Lipinski definition) is 2. The van der Waals surface area contributed by atoms with Gasteiger partial charge >= 0.3 is 0 Å². The van der Waals surface area contributed by atoms with Gasteiger partial charge in [0, 0.05) is 11.8 Å². The number of nitrogens with one attached hydrogen (secondary N) is 1. The molecule has 2 aliphatic rings. The van der Waals surface area contributed by atoms with Crippen LogP contribution in [0.25, 0.3) is 0 Å². The molecule has 1 heterocycles. The van der Waals surface area contributed by atoms with Crippen molar-refractivity contribution >= 4 is 11.6 Å². The van der Waals surface area contributed by atoms with Crippen LogP contribution in [0.15, 0.2) is 18.2 Å². The smallest absolute Gasteiger partial charge is 0.241 e. The molecule has 1 aromatic carbocycles. The Labute approximate surface area is 124 Å². The summed E-state index contributed by atoms with van der Waals surface area (Å²) in [6.45, 7) is 0.230. The van der Waals surface area contributed by atoms with Gasteiger partial charge in [-0.05, 0) is 24.5 Å². The molecule has 21 heavy (non-hydrogen) atoms. The maximum Gasteiger partial charge on any atom is 0.241 e. The summed E-state index contributed by atoms with van der Waals surface area (Å²) in [5.41, 5.74) is 6.74. The summed E-state index contributed by atoms with van der Waals surface area (Å²) in [5, 5.41) is 2.86. The Hall–Kier alpha value is -1.75. The molecule has 3 rings (SSSR count). The van der Waals surface area contributed by atoms with Crippen LogP contribution in [0.5, 0.6) is 11.5 Å². The topological polar surface area (TPSA) is 73.6 Å². The van der Waals surface area contributed by atoms with Gasteiger partial charge in [-0.15, -0.1) is 0 Å². The van der Waals surface area contributed by atoms with Crippen LogP contribution in [0, 0.1) is 5.92 Å². The number of benzene rings is 1. The number of carbonyl (C=O) groups excluding carboxylic acids is 1. The first kappa shape index (κ1) is 14.2. The molecule has 1 fully saturated rings. The summed E-state index contributed by atoms with van der Waals surface area (Å²) in [5.74, 6) is 1.84. The lowest BCUT2D eigenvalue weighted by Gasteiger charge is -2.24. The molecular weight excluding hydrogens is 268 g/mol. The number of nitrogens with two attached hydrogens (primary N) is 1. The highest BCUT2D eigenvalue weighted by Gasteiger charge is 2.22. The fourth-order valence-corrected chi connectivity index (χ4v) is 3.10. The third-order valence-corrected chi connectivity index (χ3v) is 4.29. The lowest BCUT2D eigenvalue weighted by atomic mass is 9.85. The zero-order chi connectivity index (χ0) is 14.7. The quantitative estimate of drug-likeness (QED) is 0.894. The van der Waals surface area contributed by atoms with E-state index in [1.54, 1.807) is 18.2 Å². The second kappa shape index (κ2) is 6.35. The summed E-state index contributed by atoms with van der Waals surface area (Å²) in [4.78, 5) is 12.2. The normalized spacial score (nSPS) is 19.3. The second-order valence-electron chi connectivity index (χ2n) is 5.90. The molecule has 1 aromatic rings. The molecule has 1 atom stereocenters. The van der Waals surface area contributed by atoms with Crippen molar-refractivity contribution in [3.8, 4) is 11.5 Å². The number of rotatable bonds is 4. The first-order valence-electron chi connectivity index (χ1n) is 7.68. The minimum Gasteiger partial charge on any atom is -0.454 e. The van der Waals surface area contributed by atoms with Crippen molar-refractivity contribution in [2.24, 2.45) is 11.7 Å². The van der Waals surface area contributed by atoms with Gasteiger partial charge < -0.3 is 20.5 Å². The Morgan fingerprint density at radius 3 is 2.81 bits per heavy atom. The molecule has 0 spiro atoms. The van der Waals surface area contributed by atoms with Crippen LogP contribution >= 0.6 is 0 Å². The molecule has 1 aliphatic carbocycles. The third-order valence-electron chi connectivity index (χ3n) is 4.29. The monoisotopic (exact) mass is 290 g/mol. The summed E-state index contributed by atoms with van der Waals surface area (Å²) in [7, 11) is 0. The van der Waals surface area contributed by atoms with Gasteiger partial charge in [0.15, 0.2) is 11.5 Å². The van der Waals surface area contributed by atoms with Crippen molar-refractivity contribution in [2.45, 2.75) is 44.6 Å². The molecule has 1 saturated carbocycles. The number of ether oxygens (including phenoxy) is 2. The maximum absolute atomic E-state index is 12.2. The van der Waals surface area contributed by atoms with Crippen LogP contribution in [0.4, 0.5) is 5.69 Å². The maximum atomic E-state index is 12.2. The van der Waals surface area contributed by atoms with Crippen molar-refractivity contribution in [3.63, 3.8) is 0 Å². The van der Waals surface area contributed by atoms with Gasteiger partial charge in [0.25, 0.3) is 0 Å². The van der Waals surface area contributed by atoms with Gasteiger partial charge in [-0.1, -0.05) is 32.1 Å². The molecule has 1 aliphatic heterocycles. The predicted octanol–water partition coefficient (Wildman–Crippen LogP) is 2.65. The fraction of sp³-hybridized carbons (Fsp3) is 0.562. The van der Waals surface area contributed by atoms with E-state index in [1.807, 2.05) is 0 Å². The molecule has 0 saturated heterocycles. The molecule has 0 radical (unpaired) electrons. The summed E-state index contributed by atoms with van der Waals surface area (Å²) in [6.07, 6.45) is 7.02. The van der Waals surface area contributed by atoms with Crippen LogP contribution in [0.3, 0.4) is 0 Å². The highest BCUT2D eigenvalue weighted by atomic mass is 16.7. The van der Waals surface area contributed by atoms with Crippen molar-refractivity contribution in [1.29, 1.82) is 0 Å². The van der Waals surface area contributed by atoms with E-state index < -0.39 is 6.04 Å². The molecule has 5 nitrogen and oxygen atoms in total. The molecule has 0 bridgehead atoms. The van der Waals surface area contributed by atoms with Gasteiger partial charge in [0.1, 0.15) is 0 Å². The van der Waals surface area contributed by atoms with E-state index in [0.29, 0.717) is 23.1 Å². The van der Waals surface area contributed by atoms with Crippen molar-refractivity contribution < 1.29 is 14.3 Å². The molecule has 1 unspecified atom stereocenters. The Morgan fingerprint density at radius 2 is 2.00 bits per heavy atom. The first-order chi connectivity index (χ1) is 10.2. The van der Waals surface area contributed by atoms with Gasteiger partial charge in [-0.3, -0.25) is 4.79 Å². The van der Waals surface area contributed by atoms with Crippen LogP contribution in [-0.2, 0) is 4.79 Å². The third kappa shape index (κ3) is 3.47. The number of amides is 1. The van der Waals surface area contributed by atoms with Crippen LogP contribution in [0.2, 0.25) is 0 Å². The van der Waals surface area contributed by atoms with Crippen LogP contribution < -0.4 is 20.5 Å². The Balaban J connectivity index is 1.55. The van der Waals surface area contributed by atoms with E-state index in [2.05, 4.69) is 5.32 Å². The van der Waals surface area contributed by atoms with Crippen LogP contribution in [0.1, 0.15) is 38.5 Å². The van der Waals surface area contributed by atoms with E-state index in [4.69, 9.17) is 15.2 Å². The number of carbonyl (C=O) groups is 1. The van der Waals surface area contributed by atoms with Crippen molar-refractivity contribution in [3.05, 3.63) is 18.2 Å². The van der Waals surface area contributed by atoms with Crippen LogP contribution in [-0.4, -0.2) is 18.7 Å². The Kier molecular flexibility index (Phi) is 4.29. The van der Waals surface area contributed by atoms with Crippen molar-refractivity contribution in [2.75, 3.05) is 12.1 Å². The van der Waals surface area contributed by atoms with Gasteiger partial charge in [-0.25, -0.2) is 0 Å². The second-order valence-corrected chi connectivity index (χ2v) is 5.90.